The van der Waals surface area contributed by atoms with Crippen molar-refractivity contribution in [3.8, 4) is 11.1 Å². The van der Waals surface area contributed by atoms with E-state index in [1.165, 1.54) is 0 Å². The molecule has 0 spiro atoms. The number of alkyl halides is 1. The molecule has 1 aromatic carbocycles. The second-order valence-corrected chi connectivity index (χ2v) is 8.92. The lowest BCUT2D eigenvalue weighted by Crippen LogP contribution is -2.47. The molecule has 3 aromatic heterocycles. The summed E-state index contributed by atoms with van der Waals surface area (Å²) in [7, 11) is 1.95. The number of hydrogen-bond acceptors (Lipinski definition) is 6. The SMILES string of the molecule is C=C(Nc1cc2cc(-c3cnn(C)c3C)ccc2cn1)c1ccnc(N2CCN(CCF)CC2)c1. The fraction of sp³-hybridized carbons (Fsp3) is 0.296. The first-order chi connectivity index (χ1) is 17.0. The molecule has 0 aliphatic carbocycles. The zero-order valence-electron chi connectivity index (χ0n) is 20.2. The van der Waals surface area contributed by atoms with Crippen LogP contribution < -0.4 is 10.2 Å². The van der Waals surface area contributed by atoms with E-state index in [1.54, 1.807) is 0 Å². The van der Waals surface area contributed by atoms with Gasteiger partial charge in [0.1, 0.15) is 18.3 Å². The molecule has 4 aromatic rings. The molecule has 0 unspecified atom stereocenters. The van der Waals surface area contributed by atoms with Crippen LogP contribution in [0.5, 0.6) is 0 Å². The van der Waals surface area contributed by atoms with Gasteiger partial charge in [0.25, 0.3) is 0 Å². The number of aromatic nitrogens is 4. The molecule has 1 fully saturated rings. The Morgan fingerprint density at radius 1 is 1.03 bits per heavy atom. The van der Waals surface area contributed by atoms with E-state index in [4.69, 9.17) is 0 Å². The van der Waals surface area contributed by atoms with Crippen LogP contribution in [0.25, 0.3) is 27.6 Å². The Morgan fingerprint density at radius 2 is 1.86 bits per heavy atom. The summed E-state index contributed by atoms with van der Waals surface area (Å²) in [6.45, 7) is 9.88. The van der Waals surface area contributed by atoms with Crippen LogP contribution in [-0.4, -0.2) is 64.0 Å². The number of nitrogens with zero attached hydrogens (tertiary/aromatic N) is 6. The Balaban J connectivity index is 1.32. The van der Waals surface area contributed by atoms with Gasteiger partial charge in [0.15, 0.2) is 0 Å². The van der Waals surface area contributed by atoms with Crippen molar-refractivity contribution in [2.24, 2.45) is 7.05 Å². The molecule has 1 saturated heterocycles. The van der Waals surface area contributed by atoms with Crippen molar-refractivity contribution in [1.29, 1.82) is 0 Å². The van der Waals surface area contributed by atoms with E-state index in [2.05, 4.69) is 61.9 Å². The highest BCUT2D eigenvalue weighted by Gasteiger charge is 2.18. The normalized spacial score (nSPS) is 14.4. The highest BCUT2D eigenvalue weighted by molar-refractivity contribution is 5.90. The zero-order valence-corrected chi connectivity index (χ0v) is 20.2. The van der Waals surface area contributed by atoms with Crippen LogP contribution in [-0.2, 0) is 7.05 Å². The first kappa shape index (κ1) is 23.0. The number of rotatable bonds is 7. The van der Waals surface area contributed by atoms with Crippen molar-refractivity contribution >= 4 is 28.1 Å². The Morgan fingerprint density at radius 3 is 2.60 bits per heavy atom. The molecule has 0 radical (unpaired) electrons. The molecular weight excluding hydrogens is 441 g/mol. The van der Waals surface area contributed by atoms with Crippen LogP contribution in [0.4, 0.5) is 16.0 Å². The minimum atomic E-state index is -0.299. The van der Waals surface area contributed by atoms with Crippen LogP contribution in [0.2, 0.25) is 0 Å². The minimum Gasteiger partial charge on any atom is -0.354 e. The third kappa shape index (κ3) is 4.88. The summed E-state index contributed by atoms with van der Waals surface area (Å²) in [6, 6.07) is 12.4. The summed E-state index contributed by atoms with van der Waals surface area (Å²) in [5.41, 5.74) is 5.10. The topological polar surface area (TPSA) is 62.1 Å². The third-order valence-electron chi connectivity index (χ3n) is 6.74. The second kappa shape index (κ2) is 9.84. The molecule has 1 aliphatic heterocycles. The maximum absolute atomic E-state index is 12.6. The summed E-state index contributed by atoms with van der Waals surface area (Å²) in [5.74, 6) is 1.65. The Kier molecular flexibility index (Phi) is 6.46. The maximum atomic E-state index is 12.6. The van der Waals surface area contributed by atoms with Gasteiger partial charge in [-0.15, -0.1) is 0 Å². The molecule has 1 N–H and O–H groups in total. The van der Waals surface area contributed by atoms with Crippen molar-refractivity contribution in [3.05, 3.63) is 72.8 Å². The molecule has 7 nitrogen and oxygen atoms in total. The third-order valence-corrected chi connectivity index (χ3v) is 6.74. The summed E-state index contributed by atoms with van der Waals surface area (Å²) < 4.78 is 14.5. The number of anilines is 2. The van der Waals surface area contributed by atoms with Gasteiger partial charge in [-0.1, -0.05) is 18.7 Å². The molecule has 0 atom stereocenters. The van der Waals surface area contributed by atoms with Gasteiger partial charge in [-0.3, -0.25) is 9.58 Å². The highest BCUT2D eigenvalue weighted by Crippen LogP contribution is 2.28. The van der Waals surface area contributed by atoms with Gasteiger partial charge in [0.05, 0.1) is 6.20 Å². The fourth-order valence-corrected chi connectivity index (χ4v) is 4.48. The molecule has 4 heterocycles. The maximum Gasteiger partial charge on any atom is 0.130 e. The van der Waals surface area contributed by atoms with E-state index in [0.29, 0.717) is 6.54 Å². The summed E-state index contributed by atoms with van der Waals surface area (Å²) in [6.07, 6.45) is 5.59. The summed E-state index contributed by atoms with van der Waals surface area (Å²) in [5, 5.41) is 9.90. The largest absolute Gasteiger partial charge is 0.354 e. The first-order valence-corrected chi connectivity index (χ1v) is 11.9. The molecule has 1 aliphatic rings. The smallest absolute Gasteiger partial charge is 0.130 e. The predicted octanol–water partition coefficient (Wildman–Crippen LogP) is 4.51. The van der Waals surface area contributed by atoms with Gasteiger partial charge < -0.3 is 10.2 Å². The van der Waals surface area contributed by atoms with E-state index in [-0.39, 0.29) is 6.67 Å². The standard InChI is InChI=1S/C27H30FN7/c1-19(21-6-8-29-27(16-21)35-12-10-34(9-7-28)11-13-35)32-26-15-24-14-22(4-5-23(24)17-30-26)25-18-31-33(3)20(25)2/h4-6,8,14-18H,1,7,9-13H2,2-3H3,(H,30,32). The summed E-state index contributed by atoms with van der Waals surface area (Å²) in [4.78, 5) is 13.5. The van der Waals surface area contributed by atoms with Crippen molar-refractivity contribution < 1.29 is 4.39 Å². The lowest BCUT2D eigenvalue weighted by atomic mass is 10.0. The molecule has 5 rings (SSSR count). The average Bonchev–Trinajstić information content (AvgIpc) is 3.22. The Labute approximate surface area is 204 Å². The van der Waals surface area contributed by atoms with Gasteiger partial charge in [-0.2, -0.15) is 5.10 Å². The molecule has 0 saturated carbocycles. The minimum absolute atomic E-state index is 0.299. The quantitative estimate of drug-likeness (QED) is 0.428. The Hall–Kier alpha value is -3.78. The number of fused-ring (bicyclic) bond motifs is 1. The van der Waals surface area contributed by atoms with Gasteiger partial charge in [0, 0.05) is 80.1 Å². The monoisotopic (exact) mass is 471 g/mol. The van der Waals surface area contributed by atoms with E-state index in [0.717, 1.165) is 76.7 Å². The lowest BCUT2D eigenvalue weighted by molar-refractivity contribution is 0.235. The van der Waals surface area contributed by atoms with Crippen molar-refractivity contribution in [2.45, 2.75) is 6.92 Å². The van der Waals surface area contributed by atoms with E-state index in [1.807, 2.05) is 48.5 Å². The van der Waals surface area contributed by atoms with Crippen molar-refractivity contribution in [2.75, 3.05) is 49.6 Å². The van der Waals surface area contributed by atoms with Crippen LogP contribution in [0.15, 0.2) is 61.6 Å². The number of piperazine rings is 1. The molecule has 8 heteroatoms. The molecular formula is C27H30FN7. The van der Waals surface area contributed by atoms with Gasteiger partial charge >= 0.3 is 0 Å². The molecule has 0 bridgehead atoms. The first-order valence-electron chi connectivity index (χ1n) is 11.9. The number of halogens is 1. The highest BCUT2D eigenvalue weighted by atomic mass is 19.1. The number of benzene rings is 1. The number of pyridine rings is 2. The molecule has 0 amide bonds. The van der Waals surface area contributed by atoms with Crippen molar-refractivity contribution in [3.63, 3.8) is 0 Å². The van der Waals surface area contributed by atoms with Crippen LogP contribution in [0.1, 0.15) is 11.3 Å². The Bertz CT molecular complexity index is 1350. The lowest BCUT2D eigenvalue weighted by Gasteiger charge is -2.35. The second-order valence-electron chi connectivity index (χ2n) is 8.92. The molecule has 35 heavy (non-hydrogen) atoms. The van der Waals surface area contributed by atoms with E-state index >= 15 is 0 Å². The van der Waals surface area contributed by atoms with Crippen LogP contribution >= 0.6 is 0 Å². The fourth-order valence-electron chi connectivity index (χ4n) is 4.48. The van der Waals surface area contributed by atoms with Gasteiger partial charge in [-0.25, -0.2) is 14.4 Å². The number of aryl methyl sites for hydroxylation is 1. The average molecular weight is 472 g/mol. The number of hydrogen-bond donors (Lipinski definition) is 1. The van der Waals surface area contributed by atoms with Crippen LogP contribution in [0, 0.1) is 6.92 Å². The van der Waals surface area contributed by atoms with Crippen molar-refractivity contribution in [1.82, 2.24) is 24.6 Å². The van der Waals surface area contributed by atoms with E-state index < -0.39 is 0 Å². The summed E-state index contributed by atoms with van der Waals surface area (Å²) >= 11 is 0. The van der Waals surface area contributed by atoms with Crippen LogP contribution in [0.3, 0.4) is 0 Å². The molecule has 180 valence electrons. The van der Waals surface area contributed by atoms with Gasteiger partial charge in [-0.05, 0) is 42.1 Å². The number of nitrogens with one attached hydrogen (secondary N) is 1. The predicted molar refractivity (Wildman–Crippen MR) is 140 cm³/mol. The van der Waals surface area contributed by atoms with E-state index in [9.17, 15) is 4.39 Å². The van der Waals surface area contributed by atoms with Gasteiger partial charge in [0.2, 0.25) is 0 Å². The zero-order chi connectivity index (χ0) is 24.4.